The predicted octanol–water partition coefficient (Wildman–Crippen LogP) is -0.0346. The molecule has 0 saturated heterocycles. The highest BCUT2D eigenvalue weighted by Crippen LogP contribution is 2.27. The van der Waals surface area contributed by atoms with Crippen molar-refractivity contribution < 1.29 is 14.7 Å². The van der Waals surface area contributed by atoms with Crippen LogP contribution < -0.4 is 10.6 Å². The highest BCUT2D eigenvalue weighted by molar-refractivity contribution is 5.84. The smallest absolute Gasteiger partial charge is 0.326 e. The van der Waals surface area contributed by atoms with Gasteiger partial charge >= 0.3 is 5.97 Å². The van der Waals surface area contributed by atoms with Crippen LogP contribution in [0, 0.1) is 5.92 Å². The maximum absolute atomic E-state index is 11.3. The molecule has 0 aromatic carbocycles. The van der Waals surface area contributed by atoms with Gasteiger partial charge in [-0.2, -0.15) is 0 Å². The highest BCUT2D eigenvalue weighted by Gasteiger charge is 2.21. The molecule has 1 fully saturated rings. The first-order valence-electron chi connectivity index (χ1n) is 5.36. The van der Waals surface area contributed by atoms with Crippen molar-refractivity contribution in [3.8, 4) is 0 Å². The zero-order valence-corrected chi connectivity index (χ0v) is 8.95. The molecule has 0 heterocycles. The summed E-state index contributed by atoms with van der Waals surface area (Å²) in [5, 5.41) is 14.2. The van der Waals surface area contributed by atoms with Crippen molar-refractivity contribution in [3.05, 3.63) is 0 Å². The summed E-state index contributed by atoms with van der Waals surface area (Å²) in [5.41, 5.74) is 0. The number of rotatable bonds is 7. The largest absolute Gasteiger partial charge is 0.480 e. The van der Waals surface area contributed by atoms with Gasteiger partial charge in [0, 0.05) is 0 Å². The molecule has 86 valence electrons. The molecule has 1 aliphatic carbocycles. The molecule has 1 rings (SSSR count). The summed E-state index contributed by atoms with van der Waals surface area (Å²) in [5.74, 6) is -0.503. The molecule has 1 aliphatic rings. The van der Waals surface area contributed by atoms with E-state index in [1.165, 1.54) is 12.8 Å². The van der Waals surface area contributed by atoms with Crippen LogP contribution in [0.3, 0.4) is 0 Å². The minimum atomic E-state index is -0.979. The predicted molar refractivity (Wildman–Crippen MR) is 55.5 cm³/mol. The maximum atomic E-state index is 11.3. The Balaban J connectivity index is 2.12. The number of carbonyl (C=O) groups excluding carboxylic acids is 1. The van der Waals surface area contributed by atoms with E-state index >= 15 is 0 Å². The third-order valence-corrected chi connectivity index (χ3v) is 2.46. The van der Waals surface area contributed by atoms with Crippen molar-refractivity contribution in [3.63, 3.8) is 0 Å². The van der Waals surface area contributed by atoms with Gasteiger partial charge in [-0.05, 0) is 31.7 Å². The lowest BCUT2D eigenvalue weighted by Gasteiger charge is -2.12. The molecule has 0 spiro atoms. The molecule has 0 bridgehead atoms. The van der Waals surface area contributed by atoms with Crippen LogP contribution >= 0.6 is 0 Å². The second-order valence-corrected chi connectivity index (χ2v) is 3.94. The molecule has 1 unspecified atom stereocenters. The van der Waals surface area contributed by atoms with Crippen molar-refractivity contribution in [2.45, 2.75) is 32.2 Å². The molecule has 0 aromatic rings. The monoisotopic (exact) mass is 214 g/mol. The minimum Gasteiger partial charge on any atom is -0.480 e. The second-order valence-electron chi connectivity index (χ2n) is 3.94. The van der Waals surface area contributed by atoms with Gasteiger partial charge < -0.3 is 15.7 Å². The molecule has 1 atom stereocenters. The van der Waals surface area contributed by atoms with E-state index in [-0.39, 0.29) is 12.5 Å². The van der Waals surface area contributed by atoms with Crippen LogP contribution in [-0.4, -0.2) is 36.1 Å². The summed E-state index contributed by atoms with van der Waals surface area (Å²) in [4.78, 5) is 21.9. The van der Waals surface area contributed by atoms with E-state index in [2.05, 4.69) is 10.6 Å². The van der Waals surface area contributed by atoms with Crippen molar-refractivity contribution in [2.75, 3.05) is 13.1 Å². The van der Waals surface area contributed by atoms with Crippen LogP contribution in [0.1, 0.15) is 26.2 Å². The first kappa shape index (κ1) is 12.0. The van der Waals surface area contributed by atoms with Gasteiger partial charge in [-0.3, -0.25) is 4.79 Å². The van der Waals surface area contributed by atoms with Crippen LogP contribution in [0.5, 0.6) is 0 Å². The van der Waals surface area contributed by atoms with Crippen LogP contribution in [-0.2, 0) is 9.59 Å². The SMILES string of the molecule is CCC(NC(=O)CNCC1CC1)C(=O)O. The second kappa shape index (κ2) is 5.70. The topological polar surface area (TPSA) is 78.4 Å². The minimum absolute atomic E-state index is 0.209. The Hall–Kier alpha value is -1.10. The fourth-order valence-corrected chi connectivity index (χ4v) is 1.30. The molecule has 0 radical (unpaired) electrons. The Kier molecular flexibility index (Phi) is 4.55. The Morgan fingerprint density at radius 3 is 2.60 bits per heavy atom. The van der Waals surface area contributed by atoms with E-state index in [0.717, 1.165) is 12.5 Å². The van der Waals surface area contributed by atoms with Gasteiger partial charge in [0.25, 0.3) is 0 Å². The van der Waals surface area contributed by atoms with Gasteiger partial charge in [0.1, 0.15) is 6.04 Å². The Morgan fingerprint density at radius 2 is 2.13 bits per heavy atom. The van der Waals surface area contributed by atoms with Crippen molar-refractivity contribution in [1.29, 1.82) is 0 Å². The third-order valence-electron chi connectivity index (χ3n) is 2.46. The van der Waals surface area contributed by atoms with Gasteiger partial charge in [-0.15, -0.1) is 0 Å². The summed E-state index contributed by atoms with van der Waals surface area (Å²) in [6.07, 6.45) is 2.88. The lowest BCUT2D eigenvalue weighted by atomic mass is 10.2. The third kappa shape index (κ3) is 4.78. The zero-order chi connectivity index (χ0) is 11.3. The standard InChI is InChI=1S/C10H18N2O3/c1-2-8(10(14)15)12-9(13)6-11-5-7-3-4-7/h7-8,11H,2-6H2,1H3,(H,12,13)(H,14,15). The molecule has 1 amide bonds. The van der Waals surface area contributed by atoms with E-state index < -0.39 is 12.0 Å². The fraction of sp³-hybridized carbons (Fsp3) is 0.800. The van der Waals surface area contributed by atoms with Gasteiger partial charge in [-0.1, -0.05) is 6.92 Å². The van der Waals surface area contributed by atoms with E-state index in [9.17, 15) is 9.59 Å². The molecule has 0 aliphatic heterocycles. The van der Waals surface area contributed by atoms with Crippen LogP contribution in [0.2, 0.25) is 0 Å². The van der Waals surface area contributed by atoms with Gasteiger partial charge in [-0.25, -0.2) is 4.79 Å². The normalized spacial score (nSPS) is 17.1. The van der Waals surface area contributed by atoms with E-state index in [1.807, 2.05) is 0 Å². The number of hydrogen-bond acceptors (Lipinski definition) is 3. The molecular weight excluding hydrogens is 196 g/mol. The number of carboxylic acids is 1. The molecule has 5 heteroatoms. The molecule has 15 heavy (non-hydrogen) atoms. The number of hydrogen-bond donors (Lipinski definition) is 3. The van der Waals surface area contributed by atoms with E-state index in [1.54, 1.807) is 6.92 Å². The summed E-state index contributed by atoms with van der Waals surface area (Å²) in [6, 6.07) is -0.764. The molecule has 0 aromatic heterocycles. The maximum Gasteiger partial charge on any atom is 0.326 e. The summed E-state index contributed by atoms with van der Waals surface area (Å²) >= 11 is 0. The van der Waals surface area contributed by atoms with Crippen molar-refractivity contribution in [1.82, 2.24) is 10.6 Å². The first-order valence-corrected chi connectivity index (χ1v) is 5.36. The molecule has 3 N–H and O–H groups in total. The highest BCUT2D eigenvalue weighted by atomic mass is 16.4. The molecular formula is C10H18N2O3. The number of carboxylic acid groups (broad SMARTS) is 1. The number of carbonyl (C=O) groups is 2. The zero-order valence-electron chi connectivity index (χ0n) is 8.95. The van der Waals surface area contributed by atoms with Crippen molar-refractivity contribution in [2.24, 2.45) is 5.92 Å². The lowest BCUT2D eigenvalue weighted by molar-refractivity contribution is -0.141. The Bertz CT molecular complexity index is 239. The van der Waals surface area contributed by atoms with Crippen molar-refractivity contribution >= 4 is 11.9 Å². The average Bonchev–Trinajstić information content (AvgIpc) is 2.97. The summed E-state index contributed by atoms with van der Waals surface area (Å²) < 4.78 is 0. The number of aliphatic carboxylic acids is 1. The first-order chi connectivity index (χ1) is 7.13. The quantitative estimate of drug-likeness (QED) is 0.556. The van der Waals surface area contributed by atoms with E-state index in [4.69, 9.17) is 5.11 Å². The number of nitrogens with one attached hydrogen (secondary N) is 2. The molecule has 5 nitrogen and oxygen atoms in total. The lowest BCUT2D eigenvalue weighted by Crippen LogP contribution is -2.44. The summed E-state index contributed by atoms with van der Waals surface area (Å²) in [6.45, 7) is 2.80. The number of amides is 1. The Labute approximate surface area is 89.2 Å². The van der Waals surface area contributed by atoms with Crippen LogP contribution in [0.25, 0.3) is 0 Å². The van der Waals surface area contributed by atoms with Crippen LogP contribution in [0.15, 0.2) is 0 Å². The van der Waals surface area contributed by atoms with Gasteiger partial charge in [0.2, 0.25) is 5.91 Å². The van der Waals surface area contributed by atoms with Gasteiger partial charge in [0.05, 0.1) is 6.54 Å². The fourth-order valence-electron chi connectivity index (χ4n) is 1.30. The average molecular weight is 214 g/mol. The van der Waals surface area contributed by atoms with Gasteiger partial charge in [0.15, 0.2) is 0 Å². The van der Waals surface area contributed by atoms with Crippen LogP contribution in [0.4, 0.5) is 0 Å². The summed E-state index contributed by atoms with van der Waals surface area (Å²) in [7, 11) is 0. The molecule has 1 saturated carbocycles. The van der Waals surface area contributed by atoms with E-state index in [0.29, 0.717) is 6.42 Å². The Morgan fingerprint density at radius 1 is 1.47 bits per heavy atom.